The highest BCUT2D eigenvalue weighted by Gasteiger charge is 2.11. The Balaban J connectivity index is 2.67. The second kappa shape index (κ2) is 5.54. The van der Waals surface area contributed by atoms with Gasteiger partial charge in [0.25, 0.3) is 0 Å². The molecule has 0 atom stereocenters. The number of hydrogen-bond donors (Lipinski definition) is 1. The lowest BCUT2D eigenvalue weighted by Crippen LogP contribution is -2.23. The van der Waals surface area contributed by atoms with Crippen LogP contribution in [-0.4, -0.2) is 29.1 Å². The van der Waals surface area contributed by atoms with E-state index in [0.29, 0.717) is 5.76 Å². The summed E-state index contributed by atoms with van der Waals surface area (Å²) in [6.45, 7) is 0.432. The molecule has 1 aromatic heterocycles. The van der Waals surface area contributed by atoms with E-state index in [4.69, 9.17) is 20.0 Å². The molecule has 82 valence electrons. The van der Waals surface area contributed by atoms with Gasteiger partial charge in [0.2, 0.25) is 5.76 Å². The first-order valence-corrected chi connectivity index (χ1v) is 4.45. The van der Waals surface area contributed by atoms with Gasteiger partial charge in [0, 0.05) is 0 Å². The molecule has 1 rings (SSSR count). The number of hydrogen-bond acceptors (Lipinski definition) is 5. The molecule has 0 aliphatic rings. The highest BCUT2D eigenvalue weighted by atomic mass is 16.4. The highest BCUT2D eigenvalue weighted by Crippen LogP contribution is 2.10. The molecule has 0 fully saturated rings. The normalized spacial score (nSPS) is 9.69. The van der Waals surface area contributed by atoms with Crippen LogP contribution < -0.4 is 0 Å². The highest BCUT2D eigenvalue weighted by molar-refractivity contribution is 5.84. The predicted molar refractivity (Wildman–Crippen MR) is 52.2 cm³/mol. The molecule has 0 amide bonds. The second-order valence-corrected chi connectivity index (χ2v) is 3.03. The number of nitrogens with zero attached hydrogens (tertiary/aromatic N) is 3. The van der Waals surface area contributed by atoms with Crippen LogP contribution in [0.1, 0.15) is 16.3 Å². The van der Waals surface area contributed by atoms with Crippen molar-refractivity contribution in [3.05, 3.63) is 23.7 Å². The number of rotatable bonds is 5. The Labute approximate surface area is 91.9 Å². The van der Waals surface area contributed by atoms with Gasteiger partial charge >= 0.3 is 5.97 Å². The maximum absolute atomic E-state index is 10.5. The lowest BCUT2D eigenvalue weighted by molar-refractivity contribution is 0.0658. The Hall–Kier alpha value is -2.31. The van der Waals surface area contributed by atoms with E-state index in [0.717, 1.165) is 0 Å². The Morgan fingerprint density at radius 3 is 2.44 bits per heavy atom. The van der Waals surface area contributed by atoms with Crippen LogP contribution in [0.3, 0.4) is 0 Å². The van der Waals surface area contributed by atoms with Gasteiger partial charge in [-0.25, -0.2) is 4.79 Å². The lowest BCUT2D eigenvalue weighted by atomic mass is 10.4. The van der Waals surface area contributed by atoms with Gasteiger partial charge in [0.15, 0.2) is 0 Å². The Kier molecular flexibility index (Phi) is 4.07. The van der Waals surface area contributed by atoms with Gasteiger partial charge in [0.1, 0.15) is 5.76 Å². The van der Waals surface area contributed by atoms with Crippen molar-refractivity contribution < 1.29 is 14.3 Å². The number of nitriles is 2. The van der Waals surface area contributed by atoms with Crippen LogP contribution in [0, 0.1) is 22.7 Å². The average molecular weight is 219 g/mol. The fourth-order valence-electron chi connectivity index (χ4n) is 1.17. The molecule has 0 aromatic carbocycles. The van der Waals surface area contributed by atoms with Crippen molar-refractivity contribution in [3.63, 3.8) is 0 Å². The fraction of sp³-hybridized carbons (Fsp3) is 0.300. The van der Waals surface area contributed by atoms with E-state index in [2.05, 4.69) is 0 Å². The molecule has 0 bridgehead atoms. The van der Waals surface area contributed by atoms with Crippen LogP contribution >= 0.6 is 0 Å². The smallest absolute Gasteiger partial charge is 0.371 e. The molecule has 6 heteroatoms. The van der Waals surface area contributed by atoms with E-state index in [-0.39, 0.29) is 25.4 Å². The molecular formula is C10H9N3O3. The molecule has 0 aliphatic heterocycles. The fourth-order valence-corrected chi connectivity index (χ4v) is 1.17. The quantitative estimate of drug-likeness (QED) is 0.736. The van der Waals surface area contributed by atoms with Crippen molar-refractivity contribution in [2.45, 2.75) is 6.54 Å². The molecular weight excluding hydrogens is 210 g/mol. The molecule has 6 nitrogen and oxygen atoms in total. The summed E-state index contributed by atoms with van der Waals surface area (Å²) in [5, 5.41) is 25.6. The topological polar surface area (TPSA) is 101 Å². The van der Waals surface area contributed by atoms with Gasteiger partial charge in [-0.15, -0.1) is 0 Å². The van der Waals surface area contributed by atoms with Crippen LogP contribution in [0.4, 0.5) is 0 Å². The third kappa shape index (κ3) is 3.12. The summed E-state index contributed by atoms with van der Waals surface area (Å²) in [6.07, 6.45) is 0. The monoisotopic (exact) mass is 219 g/mol. The average Bonchev–Trinajstić information content (AvgIpc) is 2.67. The summed E-state index contributed by atoms with van der Waals surface area (Å²) < 4.78 is 5.01. The van der Waals surface area contributed by atoms with E-state index < -0.39 is 5.97 Å². The first-order valence-electron chi connectivity index (χ1n) is 4.45. The van der Waals surface area contributed by atoms with Crippen molar-refractivity contribution in [1.29, 1.82) is 10.5 Å². The summed E-state index contributed by atoms with van der Waals surface area (Å²) in [4.78, 5) is 12.1. The Bertz CT molecular complexity index is 437. The van der Waals surface area contributed by atoms with Crippen molar-refractivity contribution in [3.8, 4) is 12.1 Å². The molecule has 0 unspecified atom stereocenters. The van der Waals surface area contributed by atoms with Crippen molar-refractivity contribution in [2.75, 3.05) is 13.1 Å². The minimum Gasteiger partial charge on any atom is -0.475 e. The van der Waals surface area contributed by atoms with Gasteiger partial charge in [-0.3, -0.25) is 4.90 Å². The number of carbonyl (C=O) groups is 1. The SMILES string of the molecule is N#CCN(CC#N)Cc1ccc(C(=O)O)o1. The Morgan fingerprint density at radius 1 is 1.38 bits per heavy atom. The summed E-state index contributed by atoms with van der Waals surface area (Å²) in [6, 6.07) is 6.70. The second-order valence-electron chi connectivity index (χ2n) is 3.03. The molecule has 0 aliphatic carbocycles. The van der Waals surface area contributed by atoms with E-state index in [1.165, 1.54) is 12.1 Å². The van der Waals surface area contributed by atoms with E-state index in [1.807, 2.05) is 12.1 Å². The third-order valence-electron chi connectivity index (χ3n) is 1.84. The van der Waals surface area contributed by atoms with Crippen LogP contribution in [-0.2, 0) is 6.54 Å². The zero-order chi connectivity index (χ0) is 12.0. The van der Waals surface area contributed by atoms with Crippen molar-refractivity contribution in [2.24, 2.45) is 0 Å². The summed E-state index contributed by atoms with van der Waals surface area (Å²) in [5.41, 5.74) is 0. The molecule has 16 heavy (non-hydrogen) atoms. The minimum absolute atomic E-state index is 0.0939. The molecule has 0 saturated heterocycles. The molecule has 1 heterocycles. The van der Waals surface area contributed by atoms with Crippen LogP contribution in [0.25, 0.3) is 0 Å². The van der Waals surface area contributed by atoms with E-state index in [9.17, 15) is 4.79 Å². The largest absolute Gasteiger partial charge is 0.475 e. The van der Waals surface area contributed by atoms with Gasteiger partial charge in [-0.2, -0.15) is 10.5 Å². The first-order chi connectivity index (χ1) is 7.67. The van der Waals surface area contributed by atoms with Gasteiger partial charge in [-0.05, 0) is 12.1 Å². The molecule has 0 radical (unpaired) electrons. The number of carboxylic acid groups (broad SMARTS) is 1. The standard InChI is InChI=1S/C10H9N3O3/c11-3-5-13(6-4-12)7-8-1-2-9(16-8)10(14)15/h1-2H,5-7H2,(H,14,15). The maximum atomic E-state index is 10.5. The number of aromatic carboxylic acids is 1. The van der Waals surface area contributed by atoms with Gasteiger partial charge in [0.05, 0.1) is 31.8 Å². The Morgan fingerprint density at radius 2 is 2.00 bits per heavy atom. The molecule has 0 spiro atoms. The maximum Gasteiger partial charge on any atom is 0.371 e. The summed E-state index contributed by atoms with van der Waals surface area (Å²) in [5.74, 6) is -0.870. The van der Waals surface area contributed by atoms with Crippen molar-refractivity contribution >= 4 is 5.97 Å². The lowest BCUT2D eigenvalue weighted by Gasteiger charge is -2.12. The molecule has 0 saturated carbocycles. The van der Waals surface area contributed by atoms with Crippen LogP contribution in [0.2, 0.25) is 0 Å². The summed E-state index contributed by atoms with van der Waals surface area (Å²) in [7, 11) is 0. The van der Waals surface area contributed by atoms with E-state index in [1.54, 1.807) is 4.90 Å². The zero-order valence-electron chi connectivity index (χ0n) is 8.38. The molecule has 1 aromatic rings. The minimum atomic E-state index is -1.14. The number of furan rings is 1. The van der Waals surface area contributed by atoms with E-state index >= 15 is 0 Å². The van der Waals surface area contributed by atoms with Gasteiger partial charge < -0.3 is 9.52 Å². The first kappa shape index (κ1) is 11.8. The van der Waals surface area contributed by atoms with Crippen LogP contribution in [0.5, 0.6) is 0 Å². The number of carboxylic acids is 1. The summed E-state index contributed by atoms with van der Waals surface area (Å²) >= 11 is 0. The van der Waals surface area contributed by atoms with Gasteiger partial charge in [-0.1, -0.05) is 0 Å². The van der Waals surface area contributed by atoms with Crippen molar-refractivity contribution in [1.82, 2.24) is 4.90 Å². The zero-order valence-corrected chi connectivity index (χ0v) is 8.38. The van der Waals surface area contributed by atoms with Crippen LogP contribution in [0.15, 0.2) is 16.5 Å². The molecule has 1 N–H and O–H groups in total. The third-order valence-corrected chi connectivity index (χ3v) is 1.84. The predicted octanol–water partition coefficient (Wildman–Crippen LogP) is 0.827.